The van der Waals surface area contributed by atoms with Crippen LogP contribution in [0.15, 0.2) is 47.4 Å². The number of nitrogens with one attached hydrogen (secondary N) is 1. The van der Waals surface area contributed by atoms with Crippen molar-refractivity contribution in [2.45, 2.75) is 13.8 Å². The molecule has 2 aromatic carbocycles. The van der Waals surface area contributed by atoms with Crippen molar-refractivity contribution in [1.29, 1.82) is 0 Å². The molecule has 3 rings (SSSR count). The molecule has 1 N–H and O–H groups in total. The Kier molecular flexibility index (Phi) is 9.16. The molecular weight excluding hydrogens is 496 g/mol. The maximum Gasteiger partial charge on any atom is 0.326 e. The largest absolute Gasteiger partial charge is 0.490 e. The van der Waals surface area contributed by atoms with Crippen LogP contribution in [0.25, 0.3) is 6.08 Å². The second-order valence-electron chi connectivity index (χ2n) is 7.04. The van der Waals surface area contributed by atoms with Crippen LogP contribution in [-0.4, -0.2) is 54.3 Å². The Hall–Kier alpha value is -3.50. The number of ether oxygens (including phenoxy) is 3. The van der Waals surface area contributed by atoms with Gasteiger partial charge in [0.1, 0.15) is 6.54 Å². The Morgan fingerprint density at radius 3 is 2.51 bits per heavy atom. The van der Waals surface area contributed by atoms with Gasteiger partial charge in [0, 0.05) is 5.69 Å². The number of hydrogen-bond donors (Lipinski definition) is 1. The molecule has 0 aromatic heterocycles. The molecule has 0 aliphatic carbocycles. The lowest BCUT2D eigenvalue weighted by Crippen LogP contribution is -2.34. The Bertz CT molecular complexity index is 1150. The van der Waals surface area contributed by atoms with Gasteiger partial charge in [-0.25, -0.2) is 0 Å². The number of para-hydroxylation sites is 1. The van der Waals surface area contributed by atoms with E-state index in [0.717, 1.165) is 4.90 Å². The van der Waals surface area contributed by atoms with E-state index in [9.17, 15) is 19.2 Å². The topological polar surface area (TPSA) is 111 Å². The number of benzene rings is 2. The molecule has 1 saturated heterocycles. The van der Waals surface area contributed by atoms with Gasteiger partial charge in [-0.05, 0) is 61.5 Å². The van der Waals surface area contributed by atoms with E-state index in [4.69, 9.17) is 25.8 Å². The molecule has 0 atom stereocenters. The summed E-state index contributed by atoms with van der Waals surface area (Å²) in [5, 5.41) is 2.29. The monoisotopic (exact) mass is 518 g/mol. The summed E-state index contributed by atoms with van der Waals surface area (Å²) < 4.78 is 16.1. The van der Waals surface area contributed by atoms with Crippen LogP contribution in [0.2, 0.25) is 5.02 Å². The molecule has 1 heterocycles. The molecular formula is C24H23ClN2O7S. The van der Waals surface area contributed by atoms with E-state index in [-0.39, 0.29) is 40.5 Å². The smallest absolute Gasteiger partial charge is 0.326 e. The maximum atomic E-state index is 12.6. The van der Waals surface area contributed by atoms with Gasteiger partial charge in [0.2, 0.25) is 0 Å². The second kappa shape index (κ2) is 12.3. The zero-order valence-electron chi connectivity index (χ0n) is 19.0. The average molecular weight is 519 g/mol. The van der Waals surface area contributed by atoms with Crippen LogP contribution in [0.3, 0.4) is 0 Å². The molecule has 1 fully saturated rings. The summed E-state index contributed by atoms with van der Waals surface area (Å²) in [5.74, 6) is -1.22. The zero-order chi connectivity index (χ0) is 25.4. The van der Waals surface area contributed by atoms with E-state index in [1.165, 1.54) is 12.1 Å². The number of halogens is 1. The first kappa shape index (κ1) is 26.1. The number of anilines is 1. The molecule has 0 spiro atoms. The van der Waals surface area contributed by atoms with Crippen LogP contribution < -0.4 is 14.8 Å². The van der Waals surface area contributed by atoms with E-state index in [1.807, 2.05) is 6.07 Å². The van der Waals surface area contributed by atoms with E-state index < -0.39 is 23.7 Å². The quantitative estimate of drug-likeness (QED) is 0.365. The van der Waals surface area contributed by atoms with Crippen molar-refractivity contribution < 1.29 is 33.4 Å². The Labute approximate surface area is 211 Å². The summed E-state index contributed by atoms with van der Waals surface area (Å²) in [6.07, 6.45) is 1.47. The fraction of sp³-hybridized carbons (Fsp3) is 0.250. The van der Waals surface area contributed by atoms with Crippen molar-refractivity contribution >= 4 is 58.1 Å². The SMILES string of the molecule is CCOC(=O)CN1C(=O)S/C(=C\c2cc(Cl)c(OCC(=O)Nc3ccccc3)c(OCC)c2)C1=O. The number of nitrogens with zero attached hydrogens (tertiary/aromatic N) is 1. The Morgan fingerprint density at radius 1 is 1.09 bits per heavy atom. The normalized spacial score (nSPS) is 14.3. The predicted octanol–water partition coefficient (Wildman–Crippen LogP) is 4.36. The number of amides is 3. The van der Waals surface area contributed by atoms with Crippen LogP contribution >= 0.6 is 23.4 Å². The highest BCUT2D eigenvalue weighted by Gasteiger charge is 2.36. The molecule has 0 unspecified atom stereocenters. The van der Waals surface area contributed by atoms with Crippen LogP contribution in [-0.2, 0) is 19.1 Å². The number of carbonyl (C=O) groups is 4. The third-order valence-electron chi connectivity index (χ3n) is 4.50. The van der Waals surface area contributed by atoms with Crippen LogP contribution in [0.1, 0.15) is 19.4 Å². The maximum absolute atomic E-state index is 12.6. The van der Waals surface area contributed by atoms with Crippen molar-refractivity contribution in [2.75, 3.05) is 31.7 Å². The summed E-state index contributed by atoms with van der Waals surface area (Å²) >= 11 is 7.10. The average Bonchev–Trinajstić information content (AvgIpc) is 3.07. The van der Waals surface area contributed by atoms with Crippen LogP contribution in [0.5, 0.6) is 11.5 Å². The summed E-state index contributed by atoms with van der Waals surface area (Å²) in [7, 11) is 0. The van der Waals surface area contributed by atoms with Gasteiger partial charge in [0.25, 0.3) is 17.1 Å². The van der Waals surface area contributed by atoms with E-state index in [1.54, 1.807) is 44.2 Å². The van der Waals surface area contributed by atoms with E-state index >= 15 is 0 Å². The molecule has 0 radical (unpaired) electrons. The van der Waals surface area contributed by atoms with Gasteiger partial charge in [0.15, 0.2) is 18.1 Å². The number of thioether (sulfide) groups is 1. The number of imide groups is 1. The van der Waals surface area contributed by atoms with Crippen molar-refractivity contribution in [2.24, 2.45) is 0 Å². The minimum atomic E-state index is -0.671. The van der Waals surface area contributed by atoms with Crippen molar-refractivity contribution in [3.05, 3.63) is 58.0 Å². The minimum Gasteiger partial charge on any atom is -0.490 e. The molecule has 9 nitrogen and oxygen atoms in total. The molecule has 1 aliphatic rings. The molecule has 1 aliphatic heterocycles. The highest BCUT2D eigenvalue weighted by Crippen LogP contribution is 2.39. The predicted molar refractivity (Wildman–Crippen MR) is 132 cm³/mol. The molecule has 2 aromatic rings. The van der Waals surface area contributed by atoms with Crippen molar-refractivity contribution in [3.8, 4) is 11.5 Å². The van der Waals surface area contributed by atoms with Crippen molar-refractivity contribution in [3.63, 3.8) is 0 Å². The third-order valence-corrected chi connectivity index (χ3v) is 5.69. The van der Waals surface area contributed by atoms with Crippen molar-refractivity contribution in [1.82, 2.24) is 4.90 Å². The summed E-state index contributed by atoms with van der Waals surface area (Å²) in [6.45, 7) is 3.08. The highest BCUT2D eigenvalue weighted by molar-refractivity contribution is 8.18. The third kappa shape index (κ3) is 7.00. The van der Waals surface area contributed by atoms with Gasteiger partial charge in [-0.2, -0.15) is 0 Å². The lowest BCUT2D eigenvalue weighted by atomic mass is 10.1. The van der Waals surface area contributed by atoms with Gasteiger partial charge in [0.05, 0.1) is 23.1 Å². The first-order valence-corrected chi connectivity index (χ1v) is 11.9. The van der Waals surface area contributed by atoms with Gasteiger partial charge in [-0.1, -0.05) is 29.8 Å². The lowest BCUT2D eigenvalue weighted by molar-refractivity contribution is -0.146. The van der Waals surface area contributed by atoms with E-state index in [0.29, 0.717) is 29.6 Å². The molecule has 11 heteroatoms. The van der Waals surface area contributed by atoms with Gasteiger partial charge in [-0.3, -0.25) is 24.1 Å². The van der Waals surface area contributed by atoms with Gasteiger partial charge < -0.3 is 19.5 Å². The summed E-state index contributed by atoms with van der Waals surface area (Å²) in [5.41, 5.74) is 1.10. The molecule has 35 heavy (non-hydrogen) atoms. The standard InChI is InChI=1S/C24H23ClN2O7S/c1-3-32-18-11-15(12-19-23(30)27(24(31)35-19)13-21(29)33-4-2)10-17(25)22(18)34-14-20(28)26-16-8-6-5-7-9-16/h5-12H,3-4,13-14H2,1-2H3,(H,26,28)/b19-12-. The second-order valence-corrected chi connectivity index (χ2v) is 8.44. The lowest BCUT2D eigenvalue weighted by Gasteiger charge is -2.14. The zero-order valence-corrected chi connectivity index (χ0v) is 20.6. The van der Waals surface area contributed by atoms with E-state index in [2.05, 4.69) is 5.32 Å². The minimum absolute atomic E-state index is 0.119. The summed E-state index contributed by atoms with van der Waals surface area (Å²) in [4.78, 5) is 49.7. The molecule has 3 amide bonds. The highest BCUT2D eigenvalue weighted by atomic mass is 35.5. The van der Waals surface area contributed by atoms with Crippen LogP contribution in [0.4, 0.5) is 10.5 Å². The number of hydrogen-bond acceptors (Lipinski definition) is 8. The first-order valence-electron chi connectivity index (χ1n) is 10.7. The first-order chi connectivity index (χ1) is 16.8. The van der Waals surface area contributed by atoms with Gasteiger partial charge >= 0.3 is 5.97 Å². The van der Waals surface area contributed by atoms with Crippen LogP contribution in [0, 0.1) is 0 Å². The molecule has 184 valence electrons. The fourth-order valence-corrected chi connectivity index (χ4v) is 4.17. The Morgan fingerprint density at radius 2 is 1.83 bits per heavy atom. The number of rotatable bonds is 10. The molecule has 0 bridgehead atoms. The number of esters is 1. The Balaban J connectivity index is 1.75. The molecule has 0 saturated carbocycles. The summed E-state index contributed by atoms with van der Waals surface area (Å²) in [6, 6.07) is 12.0. The number of carbonyl (C=O) groups excluding carboxylic acids is 4. The van der Waals surface area contributed by atoms with Gasteiger partial charge in [-0.15, -0.1) is 0 Å². The fourth-order valence-electron chi connectivity index (χ4n) is 3.05.